The van der Waals surface area contributed by atoms with Gasteiger partial charge in [0.25, 0.3) is 0 Å². The van der Waals surface area contributed by atoms with Crippen LogP contribution in [0.15, 0.2) is 171 Å². The summed E-state index contributed by atoms with van der Waals surface area (Å²) < 4.78 is 18.9. The third-order valence-corrected chi connectivity index (χ3v) is 10.5. The number of furan rings is 2. The van der Waals surface area contributed by atoms with Crippen molar-refractivity contribution >= 4 is 76.5 Å². The molecule has 0 atom stereocenters. The van der Waals surface area contributed by atoms with E-state index in [1.54, 1.807) is 0 Å². The summed E-state index contributed by atoms with van der Waals surface area (Å²) in [7, 11) is 0. The zero-order chi connectivity index (χ0) is 36.0. The van der Waals surface area contributed by atoms with Crippen molar-refractivity contribution in [2.24, 2.45) is 0 Å². The van der Waals surface area contributed by atoms with E-state index in [-0.39, 0.29) is 0 Å². The van der Waals surface area contributed by atoms with E-state index in [0.717, 1.165) is 98.8 Å². The van der Waals surface area contributed by atoms with Crippen LogP contribution in [0.2, 0.25) is 0 Å². The average molecular weight is 707 g/mol. The summed E-state index contributed by atoms with van der Waals surface area (Å²) in [5.74, 6) is 2.29. The van der Waals surface area contributed by atoms with E-state index in [1.165, 1.54) is 0 Å². The molecule has 0 saturated carbocycles. The van der Waals surface area contributed by atoms with Crippen molar-refractivity contribution in [1.82, 2.24) is 19.9 Å². The predicted molar refractivity (Wildman–Crippen MR) is 219 cm³/mol. The Hall–Kier alpha value is -7.64. The van der Waals surface area contributed by atoms with Gasteiger partial charge in [-0.15, -0.1) is 0 Å². The van der Waals surface area contributed by atoms with Gasteiger partial charge in [0.2, 0.25) is 5.89 Å². The molecule has 12 aromatic rings. The van der Waals surface area contributed by atoms with Crippen LogP contribution in [-0.4, -0.2) is 19.9 Å². The van der Waals surface area contributed by atoms with Crippen LogP contribution in [-0.2, 0) is 0 Å². The SMILES string of the molecule is c1ccc(-c2nc3c(ccc4cc5oc6ccc(-c7nc(-c8ccc9ccccc9c8)nc(-c8ccc9c(c8)oc8ccccc89)n7)cc6c5cc43)o2)cc1. The van der Waals surface area contributed by atoms with Crippen molar-refractivity contribution < 1.29 is 13.3 Å². The van der Waals surface area contributed by atoms with Crippen LogP contribution in [0.25, 0.3) is 122 Å². The summed E-state index contributed by atoms with van der Waals surface area (Å²) in [6.07, 6.45) is 0. The summed E-state index contributed by atoms with van der Waals surface area (Å²) >= 11 is 0. The molecule has 0 aliphatic rings. The molecule has 8 aromatic carbocycles. The molecule has 0 amide bonds. The molecule has 0 aliphatic carbocycles. The molecule has 0 unspecified atom stereocenters. The second-order valence-corrected chi connectivity index (χ2v) is 13.9. The lowest BCUT2D eigenvalue weighted by Gasteiger charge is -2.09. The van der Waals surface area contributed by atoms with Crippen LogP contribution in [0.4, 0.5) is 0 Å². The molecule has 0 saturated heterocycles. The normalized spacial score (nSPS) is 12.0. The largest absolute Gasteiger partial charge is 0.456 e. The van der Waals surface area contributed by atoms with Crippen LogP contribution in [0.1, 0.15) is 0 Å². The third kappa shape index (κ3) is 4.77. The van der Waals surface area contributed by atoms with Crippen molar-refractivity contribution in [1.29, 1.82) is 0 Å². The van der Waals surface area contributed by atoms with Gasteiger partial charge in [-0.1, -0.05) is 84.9 Å². The number of nitrogens with zero attached hydrogens (tertiary/aromatic N) is 4. The molecule has 0 aliphatic heterocycles. The van der Waals surface area contributed by atoms with E-state index in [9.17, 15) is 0 Å². The molecule has 12 rings (SSSR count). The fourth-order valence-electron chi connectivity index (χ4n) is 7.78. The molecule has 7 nitrogen and oxygen atoms in total. The van der Waals surface area contributed by atoms with Gasteiger partial charge in [-0.05, 0) is 89.0 Å². The Bertz CT molecular complexity index is 3510. The number of fused-ring (bicyclic) bond motifs is 10. The molecule has 7 heteroatoms. The van der Waals surface area contributed by atoms with Crippen molar-refractivity contribution in [2.45, 2.75) is 0 Å². The number of rotatable bonds is 4. The molecule has 4 aromatic heterocycles. The van der Waals surface area contributed by atoms with E-state index in [1.807, 2.05) is 84.9 Å². The second kappa shape index (κ2) is 11.4. The Morgan fingerprint density at radius 1 is 0.291 bits per heavy atom. The minimum atomic E-state index is 0.557. The molecule has 0 radical (unpaired) electrons. The van der Waals surface area contributed by atoms with Crippen LogP contribution in [0.3, 0.4) is 0 Å². The highest BCUT2D eigenvalue weighted by atomic mass is 16.3. The van der Waals surface area contributed by atoms with E-state index in [0.29, 0.717) is 23.4 Å². The molecule has 4 heterocycles. The second-order valence-electron chi connectivity index (χ2n) is 13.9. The van der Waals surface area contributed by atoms with Gasteiger partial charge in [0.1, 0.15) is 27.8 Å². The smallest absolute Gasteiger partial charge is 0.227 e. The Labute approximate surface area is 312 Å². The maximum Gasteiger partial charge on any atom is 0.227 e. The number of oxazole rings is 1. The van der Waals surface area contributed by atoms with Gasteiger partial charge in [-0.25, -0.2) is 19.9 Å². The van der Waals surface area contributed by atoms with Gasteiger partial charge in [0.05, 0.1) is 0 Å². The average Bonchev–Trinajstić information content (AvgIpc) is 3.96. The molecule has 0 fully saturated rings. The number of hydrogen-bond acceptors (Lipinski definition) is 7. The maximum atomic E-state index is 6.42. The standard InChI is InChI=1S/C48H26N4O3/c1-2-9-28(10-3-1)48-49-44-36-26-38-37-23-32(18-20-40(37)54-43(38)24-30(36)17-21-41(44)55-48)46-50-45(31-15-14-27-8-4-5-11-29(27)22-31)51-47(52-46)33-16-19-35-34-12-6-7-13-39(34)53-42(35)25-33/h1-26H. The van der Waals surface area contributed by atoms with Crippen molar-refractivity contribution in [2.75, 3.05) is 0 Å². The van der Waals surface area contributed by atoms with Crippen molar-refractivity contribution in [3.63, 3.8) is 0 Å². The van der Waals surface area contributed by atoms with Gasteiger partial charge in [0, 0.05) is 49.2 Å². The highest BCUT2D eigenvalue weighted by molar-refractivity contribution is 6.15. The van der Waals surface area contributed by atoms with E-state index >= 15 is 0 Å². The molecule has 0 spiro atoms. The Kier molecular flexibility index (Phi) is 6.21. The van der Waals surface area contributed by atoms with Crippen LogP contribution >= 0.6 is 0 Å². The van der Waals surface area contributed by atoms with E-state index < -0.39 is 0 Å². The lowest BCUT2D eigenvalue weighted by molar-refractivity contribution is 0.620. The molecule has 256 valence electrons. The number of aromatic nitrogens is 4. The molecule has 0 N–H and O–H groups in total. The van der Waals surface area contributed by atoms with E-state index in [4.69, 9.17) is 33.2 Å². The highest BCUT2D eigenvalue weighted by Gasteiger charge is 2.18. The van der Waals surface area contributed by atoms with Crippen LogP contribution in [0, 0.1) is 0 Å². The number of hydrogen-bond donors (Lipinski definition) is 0. The van der Waals surface area contributed by atoms with Gasteiger partial charge >= 0.3 is 0 Å². The van der Waals surface area contributed by atoms with Crippen LogP contribution < -0.4 is 0 Å². The highest BCUT2D eigenvalue weighted by Crippen LogP contribution is 2.38. The van der Waals surface area contributed by atoms with Gasteiger partial charge in [-0.2, -0.15) is 0 Å². The van der Waals surface area contributed by atoms with Crippen molar-refractivity contribution in [3.8, 4) is 45.6 Å². The quantitative estimate of drug-likeness (QED) is 0.180. The summed E-state index contributed by atoms with van der Waals surface area (Å²) in [6.45, 7) is 0. The summed E-state index contributed by atoms with van der Waals surface area (Å²) in [4.78, 5) is 20.2. The summed E-state index contributed by atoms with van der Waals surface area (Å²) in [6, 6.07) is 53.2. The van der Waals surface area contributed by atoms with Crippen molar-refractivity contribution in [3.05, 3.63) is 158 Å². The molecular formula is C48H26N4O3. The minimum absolute atomic E-state index is 0.557. The molecule has 0 bridgehead atoms. The Morgan fingerprint density at radius 3 is 1.75 bits per heavy atom. The molecular weight excluding hydrogens is 681 g/mol. The zero-order valence-electron chi connectivity index (χ0n) is 29.0. The van der Waals surface area contributed by atoms with Gasteiger partial charge < -0.3 is 13.3 Å². The first-order chi connectivity index (χ1) is 27.2. The first-order valence-electron chi connectivity index (χ1n) is 18.1. The fraction of sp³-hybridized carbons (Fsp3) is 0. The topological polar surface area (TPSA) is 91.0 Å². The summed E-state index contributed by atoms with van der Waals surface area (Å²) in [5.41, 5.74) is 8.26. The van der Waals surface area contributed by atoms with Gasteiger partial charge in [-0.3, -0.25) is 0 Å². The zero-order valence-corrected chi connectivity index (χ0v) is 29.0. The fourth-order valence-corrected chi connectivity index (χ4v) is 7.78. The first kappa shape index (κ1) is 29.9. The van der Waals surface area contributed by atoms with Gasteiger partial charge in [0.15, 0.2) is 23.1 Å². The Morgan fingerprint density at radius 2 is 0.891 bits per heavy atom. The maximum absolute atomic E-state index is 6.42. The third-order valence-electron chi connectivity index (χ3n) is 10.5. The van der Waals surface area contributed by atoms with E-state index in [2.05, 4.69) is 72.8 Å². The number of para-hydroxylation sites is 1. The molecule has 55 heavy (non-hydrogen) atoms. The Balaban J connectivity index is 1.04. The van der Waals surface area contributed by atoms with Crippen LogP contribution in [0.5, 0.6) is 0 Å². The lowest BCUT2D eigenvalue weighted by atomic mass is 10.0. The monoisotopic (exact) mass is 706 g/mol. The summed E-state index contributed by atoms with van der Waals surface area (Å²) in [5, 5.41) is 8.33. The lowest BCUT2D eigenvalue weighted by Crippen LogP contribution is -2.00. The first-order valence-corrected chi connectivity index (χ1v) is 18.1. The predicted octanol–water partition coefficient (Wildman–Crippen LogP) is 12.8. The number of benzene rings is 8. The minimum Gasteiger partial charge on any atom is -0.456 e.